The molecule has 6 heteroatoms. The van der Waals surface area contributed by atoms with E-state index >= 15 is 0 Å². The van der Waals surface area contributed by atoms with Gasteiger partial charge >= 0.3 is 5.97 Å². The summed E-state index contributed by atoms with van der Waals surface area (Å²) >= 11 is 11.9. The molecule has 0 saturated carbocycles. The summed E-state index contributed by atoms with van der Waals surface area (Å²) < 4.78 is 7.18. The second-order valence-corrected chi connectivity index (χ2v) is 6.84. The molecule has 0 spiro atoms. The minimum absolute atomic E-state index is 0.0634. The summed E-state index contributed by atoms with van der Waals surface area (Å²) in [6, 6.07) is 19.0. The monoisotopic (exact) mass is 397 g/mol. The quantitative estimate of drug-likeness (QED) is 0.275. The first kappa shape index (κ1) is 17.6. The summed E-state index contributed by atoms with van der Waals surface area (Å²) in [6.45, 7) is -0.0692. The Labute approximate surface area is 164 Å². The number of fused-ring (bicyclic) bond motifs is 2. The molecule has 1 aromatic heterocycles. The zero-order chi connectivity index (χ0) is 19.0. The molecule has 4 nitrogen and oxygen atoms in total. The third-order valence-electron chi connectivity index (χ3n) is 4.28. The number of carbonyl (C=O) groups is 1. The summed E-state index contributed by atoms with van der Waals surface area (Å²) in [6.07, 6.45) is 0. The third kappa shape index (κ3) is 3.29. The number of para-hydroxylation sites is 2. The molecule has 134 valence electrons. The zero-order valence-electron chi connectivity index (χ0n) is 14.0. The maximum Gasteiger partial charge on any atom is 0.331 e. The van der Waals surface area contributed by atoms with Gasteiger partial charge in [0.25, 0.3) is 0 Å². The van der Waals surface area contributed by atoms with Crippen molar-refractivity contribution < 1.29 is 9.53 Å². The molecular weight excluding hydrogens is 385 g/mol. The Bertz CT molecular complexity index is 1190. The van der Waals surface area contributed by atoms with E-state index in [1.807, 2.05) is 24.3 Å². The highest BCUT2D eigenvalue weighted by Crippen LogP contribution is 2.28. The molecular formula is C21H13Cl2NO3. The predicted molar refractivity (Wildman–Crippen MR) is 108 cm³/mol. The minimum Gasteiger partial charge on any atom is -0.424 e. The lowest BCUT2D eigenvalue weighted by Crippen LogP contribution is -2.20. The Hall–Kier alpha value is -2.82. The van der Waals surface area contributed by atoms with Crippen molar-refractivity contribution in [1.82, 2.24) is 4.57 Å². The van der Waals surface area contributed by atoms with E-state index in [2.05, 4.69) is 0 Å². The van der Waals surface area contributed by atoms with Crippen LogP contribution in [0, 0.1) is 0 Å². The maximum atomic E-state index is 12.7. The van der Waals surface area contributed by atoms with E-state index < -0.39 is 5.97 Å². The van der Waals surface area contributed by atoms with Crippen molar-refractivity contribution >= 4 is 51.0 Å². The fraction of sp³-hybridized carbons (Fsp3) is 0.0476. The summed E-state index contributed by atoms with van der Waals surface area (Å²) in [5, 5.41) is 1.81. The van der Waals surface area contributed by atoms with Crippen LogP contribution in [0.25, 0.3) is 21.8 Å². The Morgan fingerprint density at radius 3 is 2.07 bits per heavy atom. The summed E-state index contributed by atoms with van der Waals surface area (Å²) in [7, 11) is 0. The fourth-order valence-electron chi connectivity index (χ4n) is 3.09. The average Bonchev–Trinajstić information content (AvgIpc) is 2.67. The average molecular weight is 398 g/mol. The van der Waals surface area contributed by atoms with Crippen LogP contribution in [0.5, 0.6) is 5.75 Å². The van der Waals surface area contributed by atoms with Crippen molar-refractivity contribution in [2.75, 3.05) is 0 Å². The molecule has 0 amide bonds. The number of nitrogens with zero attached hydrogens (tertiary/aromatic N) is 1. The van der Waals surface area contributed by atoms with Crippen molar-refractivity contribution in [1.29, 1.82) is 0 Å². The number of hydrogen-bond donors (Lipinski definition) is 0. The first-order chi connectivity index (χ1) is 13.0. The standard InChI is InChI=1S/C21H13Cl2NO3/c22-13-9-10-19(16(23)11-13)27-20(25)12-24-17-7-3-1-5-14(17)21(26)15-6-2-4-8-18(15)24/h1-11H,12H2. The molecule has 1 heterocycles. The molecule has 0 N–H and O–H groups in total. The second-order valence-electron chi connectivity index (χ2n) is 6.00. The lowest BCUT2D eigenvalue weighted by molar-refractivity contribution is -0.134. The van der Waals surface area contributed by atoms with E-state index in [1.165, 1.54) is 6.07 Å². The Balaban J connectivity index is 1.79. The van der Waals surface area contributed by atoms with E-state index in [0.29, 0.717) is 26.8 Å². The van der Waals surface area contributed by atoms with Gasteiger partial charge < -0.3 is 9.30 Å². The van der Waals surface area contributed by atoms with E-state index in [4.69, 9.17) is 27.9 Å². The number of benzene rings is 3. The van der Waals surface area contributed by atoms with Gasteiger partial charge in [0.15, 0.2) is 5.43 Å². The first-order valence-electron chi connectivity index (χ1n) is 8.20. The number of aromatic nitrogens is 1. The Morgan fingerprint density at radius 2 is 1.48 bits per heavy atom. The van der Waals surface area contributed by atoms with Crippen molar-refractivity contribution in [3.05, 3.63) is 87.0 Å². The largest absolute Gasteiger partial charge is 0.424 e. The number of ether oxygens (including phenoxy) is 1. The van der Waals surface area contributed by atoms with E-state index in [0.717, 1.165) is 0 Å². The van der Waals surface area contributed by atoms with Crippen LogP contribution in [0.1, 0.15) is 0 Å². The molecule has 0 aliphatic rings. The van der Waals surface area contributed by atoms with Crippen molar-refractivity contribution in [2.24, 2.45) is 0 Å². The minimum atomic E-state index is -0.502. The maximum absolute atomic E-state index is 12.7. The lowest BCUT2D eigenvalue weighted by atomic mass is 10.1. The molecule has 0 aliphatic heterocycles. The van der Waals surface area contributed by atoms with Crippen molar-refractivity contribution in [3.63, 3.8) is 0 Å². The van der Waals surface area contributed by atoms with Gasteiger partial charge in [-0.1, -0.05) is 47.5 Å². The van der Waals surface area contributed by atoms with Crippen LogP contribution >= 0.6 is 23.2 Å². The predicted octanol–water partition coefficient (Wildman–Crippen LogP) is 5.07. The van der Waals surface area contributed by atoms with Gasteiger partial charge in [0.1, 0.15) is 12.3 Å². The lowest BCUT2D eigenvalue weighted by Gasteiger charge is -2.15. The fourth-order valence-corrected chi connectivity index (χ4v) is 3.54. The number of rotatable bonds is 3. The molecule has 4 rings (SSSR count). The topological polar surface area (TPSA) is 48.3 Å². The Morgan fingerprint density at radius 1 is 0.889 bits per heavy atom. The second kappa shape index (κ2) is 7.06. The SMILES string of the molecule is O=C(Cn1c2ccccc2c(=O)c2ccccc21)Oc1ccc(Cl)cc1Cl. The zero-order valence-corrected chi connectivity index (χ0v) is 15.5. The number of esters is 1. The molecule has 4 aromatic rings. The van der Waals surface area contributed by atoms with Crippen LogP contribution in [0.2, 0.25) is 10.0 Å². The number of halogens is 2. The van der Waals surface area contributed by atoms with Gasteiger partial charge in [0.2, 0.25) is 0 Å². The molecule has 0 aliphatic carbocycles. The summed E-state index contributed by atoms with van der Waals surface area (Å²) in [4.78, 5) is 25.3. The van der Waals surface area contributed by atoms with Crippen LogP contribution < -0.4 is 10.2 Å². The van der Waals surface area contributed by atoms with Gasteiger partial charge in [0, 0.05) is 15.8 Å². The molecule has 0 saturated heterocycles. The van der Waals surface area contributed by atoms with E-state index in [9.17, 15) is 9.59 Å². The Kier molecular flexibility index (Phi) is 4.60. The van der Waals surface area contributed by atoms with Gasteiger partial charge in [-0.2, -0.15) is 0 Å². The van der Waals surface area contributed by atoms with Crippen LogP contribution in [0.3, 0.4) is 0 Å². The van der Waals surface area contributed by atoms with Crippen LogP contribution in [-0.2, 0) is 11.3 Å². The molecule has 27 heavy (non-hydrogen) atoms. The van der Waals surface area contributed by atoms with Crippen LogP contribution in [0.15, 0.2) is 71.5 Å². The van der Waals surface area contributed by atoms with Crippen molar-refractivity contribution in [3.8, 4) is 5.75 Å². The molecule has 3 aromatic carbocycles. The molecule has 0 atom stereocenters. The highest BCUT2D eigenvalue weighted by molar-refractivity contribution is 6.35. The normalized spacial score (nSPS) is 11.0. The van der Waals surface area contributed by atoms with Gasteiger partial charge in [-0.25, -0.2) is 4.79 Å². The highest BCUT2D eigenvalue weighted by Gasteiger charge is 2.15. The third-order valence-corrected chi connectivity index (χ3v) is 4.81. The van der Waals surface area contributed by atoms with Gasteiger partial charge in [0.05, 0.1) is 16.1 Å². The molecule has 0 radical (unpaired) electrons. The summed E-state index contributed by atoms with van der Waals surface area (Å²) in [5.74, 6) is -0.265. The number of hydrogen-bond acceptors (Lipinski definition) is 3. The van der Waals surface area contributed by atoms with E-state index in [-0.39, 0.29) is 22.7 Å². The van der Waals surface area contributed by atoms with Crippen LogP contribution in [-0.4, -0.2) is 10.5 Å². The van der Waals surface area contributed by atoms with E-state index in [1.54, 1.807) is 41.0 Å². The molecule has 0 fully saturated rings. The highest BCUT2D eigenvalue weighted by atomic mass is 35.5. The molecule has 0 unspecified atom stereocenters. The number of carbonyl (C=O) groups excluding carboxylic acids is 1. The first-order valence-corrected chi connectivity index (χ1v) is 8.96. The van der Waals surface area contributed by atoms with Crippen molar-refractivity contribution in [2.45, 2.75) is 6.54 Å². The van der Waals surface area contributed by atoms with Gasteiger partial charge in [-0.15, -0.1) is 0 Å². The molecule has 0 bridgehead atoms. The van der Waals surface area contributed by atoms with Gasteiger partial charge in [-0.05, 0) is 42.5 Å². The smallest absolute Gasteiger partial charge is 0.331 e. The number of pyridine rings is 1. The van der Waals surface area contributed by atoms with Gasteiger partial charge in [-0.3, -0.25) is 4.79 Å². The summed E-state index contributed by atoms with van der Waals surface area (Å²) in [5.41, 5.74) is 1.27. The van der Waals surface area contributed by atoms with Crippen LogP contribution in [0.4, 0.5) is 0 Å².